The maximum Gasteiger partial charge on any atom is 0.301 e. The molecule has 0 aromatic rings. The van der Waals surface area contributed by atoms with Gasteiger partial charge in [0.2, 0.25) is 4.69 Å². The summed E-state index contributed by atoms with van der Waals surface area (Å²) in [6.07, 6.45) is -3.33. The van der Waals surface area contributed by atoms with Crippen molar-refractivity contribution in [3.05, 3.63) is 11.9 Å². The van der Waals surface area contributed by atoms with Gasteiger partial charge in [-0.25, -0.2) is 4.39 Å². The fraction of sp³-hybridized carbons (Fsp3) is 0.250. The van der Waals surface area contributed by atoms with E-state index in [0.29, 0.717) is 0 Å². The molecule has 0 aromatic carbocycles. The van der Waals surface area contributed by atoms with Crippen molar-refractivity contribution < 1.29 is 18.0 Å². The van der Waals surface area contributed by atoms with Crippen LogP contribution >= 0.6 is 15.9 Å². The normalized spacial score (nSPS) is 8.89. The highest BCUT2D eigenvalue weighted by atomic mass is 79.9. The second kappa shape index (κ2) is 3.66. The highest BCUT2D eigenvalue weighted by Crippen LogP contribution is 2.14. The molecular weight excluding hydrogens is 201 g/mol. The lowest BCUT2D eigenvalue weighted by molar-refractivity contribution is -0.110. The summed E-state index contributed by atoms with van der Waals surface area (Å²) in [6.45, 7) is 0. The summed E-state index contributed by atoms with van der Waals surface area (Å²) in [5.74, 6) is -1.68. The van der Waals surface area contributed by atoms with Crippen LogP contribution in [0.4, 0.5) is 13.2 Å². The van der Waals surface area contributed by atoms with Crippen molar-refractivity contribution in [2.75, 3.05) is 0 Å². The van der Waals surface area contributed by atoms with Gasteiger partial charge >= 0.3 is 6.08 Å². The van der Waals surface area contributed by atoms with Crippen LogP contribution in [-0.4, -0.2) is 4.69 Å². The summed E-state index contributed by atoms with van der Waals surface area (Å²) in [5, 5.41) is 0. The summed E-state index contributed by atoms with van der Waals surface area (Å²) >= 11 is 2.30. The lowest BCUT2D eigenvalue weighted by Crippen LogP contribution is -1.85. The number of hydrogen-bond acceptors (Lipinski definition) is 1. The Hall–Kier alpha value is -0.320. The minimum absolute atomic E-state index is 0.798. The van der Waals surface area contributed by atoms with Crippen molar-refractivity contribution >= 4 is 20.6 Å². The van der Waals surface area contributed by atoms with E-state index in [2.05, 4.69) is 15.9 Å². The fourth-order valence-corrected chi connectivity index (χ4v) is 0.435. The molecule has 0 fully saturated rings. The van der Waals surface area contributed by atoms with Gasteiger partial charge in [0.25, 0.3) is 0 Å². The van der Waals surface area contributed by atoms with Crippen molar-refractivity contribution in [3.63, 3.8) is 0 Å². The zero-order chi connectivity index (χ0) is 7.44. The number of halogens is 4. The molecule has 0 N–H and O–H groups in total. The Kier molecular flexibility index (Phi) is 3.53. The van der Waals surface area contributed by atoms with E-state index in [9.17, 15) is 18.0 Å². The second-order valence-electron chi connectivity index (χ2n) is 1.20. The number of carbonyl (C=O) groups excluding carboxylic acids is 1. The Morgan fingerprint density at radius 2 is 1.78 bits per heavy atom. The van der Waals surface area contributed by atoms with E-state index in [1.165, 1.54) is 0 Å². The van der Waals surface area contributed by atoms with Crippen LogP contribution in [-0.2, 0) is 4.79 Å². The molecule has 0 heterocycles. The molecule has 0 aliphatic rings. The Bertz CT molecular complexity index is 150. The van der Waals surface area contributed by atoms with Crippen LogP contribution in [0.2, 0.25) is 0 Å². The predicted molar refractivity (Wildman–Crippen MR) is 28.9 cm³/mol. The fourth-order valence-electron chi connectivity index (χ4n) is 0.189. The van der Waals surface area contributed by atoms with Gasteiger partial charge in [-0.3, -0.25) is 4.79 Å². The minimum Gasteiger partial charge on any atom is -0.286 e. The molecule has 0 bridgehead atoms. The molecule has 0 aliphatic heterocycles. The molecular formula is C4H2BrF3O. The molecule has 5 heteroatoms. The van der Waals surface area contributed by atoms with E-state index >= 15 is 0 Å². The van der Waals surface area contributed by atoms with Gasteiger partial charge in [-0.1, -0.05) is 0 Å². The molecule has 0 amide bonds. The largest absolute Gasteiger partial charge is 0.301 e. The molecule has 9 heavy (non-hydrogen) atoms. The SMILES string of the molecule is O=C(Br)CC(F)=C(F)F. The van der Waals surface area contributed by atoms with Crippen molar-refractivity contribution in [1.29, 1.82) is 0 Å². The highest BCUT2D eigenvalue weighted by molar-refractivity contribution is 9.18. The lowest BCUT2D eigenvalue weighted by Gasteiger charge is -1.86. The van der Waals surface area contributed by atoms with E-state index in [0.717, 1.165) is 0 Å². The molecule has 52 valence electrons. The first-order valence-corrected chi connectivity index (χ1v) is 2.71. The van der Waals surface area contributed by atoms with Crippen LogP contribution < -0.4 is 0 Å². The number of allylic oxidation sites excluding steroid dienone is 1. The zero-order valence-electron chi connectivity index (χ0n) is 4.13. The van der Waals surface area contributed by atoms with Crippen molar-refractivity contribution in [3.8, 4) is 0 Å². The first kappa shape index (κ1) is 8.68. The molecule has 0 rings (SSSR count). The molecule has 0 aromatic heterocycles. The monoisotopic (exact) mass is 202 g/mol. The van der Waals surface area contributed by atoms with E-state index < -0.39 is 23.0 Å². The standard InChI is InChI=1S/C4H2BrF3O/c5-3(9)1-2(6)4(7)8/h1H2. The lowest BCUT2D eigenvalue weighted by atomic mass is 10.4. The Balaban J connectivity index is 3.92. The summed E-state index contributed by atoms with van der Waals surface area (Å²) in [6, 6.07) is 0. The Morgan fingerprint density at radius 3 is 1.89 bits per heavy atom. The van der Waals surface area contributed by atoms with Gasteiger partial charge in [-0.2, -0.15) is 8.78 Å². The molecule has 0 unspecified atom stereocenters. The quantitative estimate of drug-likeness (QED) is 0.629. The minimum atomic E-state index is -2.44. The van der Waals surface area contributed by atoms with Gasteiger partial charge in [-0.05, 0) is 15.9 Å². The Morgan fingerprint density at radius 1 is 1.33 bits per heavy atom. The second-order valence-corrected chi connectivity index (χ2v) is 2.08. The van der Waals surface area contributed by atoms with Gasteiger partial charge in [0, 0.05) is 0 Å². The molecule has 1 nitrogen and oxygen atoms in total. The molecule has 0 spiro atoms. The van der Waals surface area contributed by atoms with Crippen LogP contribution in [0.15, 0.2) is 11.9 Å². The van der Waals surface area contributed by atoms with Crippen LogP contribution in [0.1, 0.15) is 6.42 Å². The summed E-state index contributed by atoms with van der Waals surface area (Å²) in [4.78, 5) is 9.87. The third kappa shape index (κ3) is 4.20. The first-order valence-electron chi connectivity index (χ1n) is 1.92. The molecule has 0 saturated carbocycles. The van der Waals surface area contributed by atoms with Crippen LogP contribution in [0.3, 0.4) is 0 Å². The molecule has 0 aliphatic carbocycles. The van der Waals surface area contributed by atoms with Crippen LogP contribution in [0, 0.1) is 0 Å². The zero-order valence-corrected chi connectivity index (χ0v) is 5.71. The predicted octanol–water partition coefficient (Wildman–Crippen LogP) is 2.38. The third-order valence-electron chi connectivity index (χ3n) is 0.499. The highest BCUT2D eigenvalue weighted by Gasteiger charge is 2.07. The topological polar surface area (TPSA) is 17.1 Å². The van der Waals surface area contributed by atoms with E-state index in [1.807, 2.05) is 0 Å². The van der Waals surface area contributed by atoms with Gasteiger partial charge in [0.1, 0.15) is 0 Å². The summed E-state index contributed by atoms with van der Waals surface area (Å²) in [5.41, 5.74) is 0. The van der Waals surface area contributed by atoms with Gasteiger partial charge in [0.05, 0.1) is 6.42 Å². The van der Waals surface area contributed by atoms with Gasteiger partial charge in [0.15, 0.2) is 5.83 Å². The van der Waals surface area contributed by atoms with E-state index in [1.54, 1.807) is 0 Å². The van der Waals surface area contributed by atoms with Gasteiger partial charge < -0.3 is 0 Å². The number of rotatable bonds is 2. The average Bonchev–Trinajstić information content (AvgIpc) is 1.63. The van der Waals surface area contributed by atoms with Crippen molar-refractivity contribution in [1.82, 2.24) is 0 Å². The third-order valence-corrected chi connectivity index (χ3v) is 0.780. The molecule has 0 atom stereocenters. The maximum absolute atomic E-state index is 11.7. The maximum atomic E-state index is 11.7. The van der Waals surface area contributed by atoms with Crippen molar-refractivity contribution in [2.45, 2.75) is 6.42 Å². The van der Waals surface area contributed by atoms with Crippen LogP contribution in [0.25, 0.3) is 0 Å². The molecule has 0 saturated heterocycles. The Labute approximate surface area is 57.7 Å². The summed E-state index contributed by atoms with van der Waals surface area (Å²) < 4.78 is 33.1. The smallest absolute Gasteiger partial charge is 0.286 e. The molecule has 0 radical (unpaired) electrons. The van der Waals surface area contributed by atoms with E-state index in [-0.39, 0.29) is 0 Å². The number of carbonyl (C=O) groups is 1. The van der Waals surface area contributed by atoms with Crippen LogP contribution in [0.5, 0.6) is 0 Å². The number of hydrogen-bond donors (Lipinski definition) is 0. The van der Waals surface area contributed by atoms with Crippen molar-refractivity contribution in [2.24, 2.45) is 0 Å². The summed E-state index contributed by atoms with van der Waals surface area (Å²) in [7, 11) is 0. The van der Waals surface area contributed by atoms with Gasteiger partial charge in [-0.15, -0.1) is 0 Å². The average molecular weight is 203 g/mol. The first-order chi connectivity index (χ1) is 4.04. The van der Waals surface area contributed by atoms with E-state index in [4.69, 9.17) is 0 Å².